The summed E-state index contributed by atoms with van der Waals surface area (Å²) in [6.45, 7) is 0. The van der Waals surface area contributed by atoms with Crippen LogP contribution >= 0.6 is 0 Å². The van der Waals surface area contributed by atoms with Gasteiger partial charge >= 0.3 is 0 Å². The number of aromatic nitrogens is 1. The number of nitrogens with zero attached hydrogens (tertiary/aromatic N) is 2. The molecule has 0 aliphatic rings. The Hall–Kier alpha value is -6.58. The first kappa shape index (κ1) is 27.5. The summed E-state index contributed by atoms with van der Waals surface area (Å²) in [5.74, 6) is 0. The summed E-state index contributed by atoms with van der Waals surface area (Å²) in [7, 11) is 0. The fourth-order valence-electron chi connectivity index (χ4n) is 7.62. The van der Waals surface area contributed by atoms with Gasteiger partial charge in [-0.3, -0.25) is 0 Å². The summed E-state index contributed by atoms with van der Waals surface area (Å²) in [5.41, 5.74) is 11.0. The number of furan rings is 1. The first-order chi connectivity index (χ1) is 24.3. The summed E-state index contributed by atoms with van der Waals surface area (Å²) in [4.78, 5) is 2.36. The molecule has 3 nitrogen and oxygen atoms in total. The fourth-order valence-corrected chi connectivity index (χ4v) is 7.62. The lowest BCUT2D eigenvalue weighted by Gasteiger charge is -2.26. The molecule has 10 aromatic rings. The van der Waals surface area contributed by atoms with E-state index in [0.29, 0.717) is 0 Å². The molecule has 0 atom stereocenters. The van der Waals surface area contributed by atoms with Gasteiger partial charge < -0.3 is 13.9 Å². The van der Waals surface area contributed by atoms with Crippen LogP contribution in [0.3, 0.4) is 0 Å². The van der Waals surface area contributed by atoms with E-state index in [1.165, 1.54) is 38.1 Å². The molecule has 0 saturated heterocycles. The molecule has 3 heteroatoms. The van der Waals surface area contributed by atoms with Crippen LogP contribution in [0.2, 0.25) is 0 Å². The van der Waals surface area contributed by atoms with Crippen LogP contribution < -0.4 is 4.90 Å². The molecule has 0 unspecified atom stereocenters. The molecule has 0 saturated carbocycles. The van der Waals surface area contributed by atoms with Crippen LogP contribution in [0.4, 0.5) is 17.1 Å². The first-order valence-electron chi connectivity index (χ1n) is 16.7. The van der Waals surface area contributed by atoms with Gasteiger partial charge in [-0.1, -0.05) is 115 Å². The number of hydrogen-bond donors (Lipinski definition) is 0. The number of hydrogen-bond acceptors (Lipinski definition) is 2. The van der Waals surface area contributed by atoms with Gasteiger partial charge in [-0.15, -0.1) is 0 Å². The van der Waals surface area contributed by atoms with Crippen molar-refractivity contribution in [3.63, 3.8) is 0 Å². The molecule has 230 valence electrons. The topological polar surface area (TPSA) is 21.3 Å². The van der Waals surface area contributed by atoms with Gasteiger partial charge in [0.15, 0.2) is 0 Å². The summed E-state index contributed by atoms with van der Waals surface area (Å²) < 4.78 is 8.70. The Morgan fingerprint density at radius 1 is 0.408 bits per heavy atom. The Balaban J connectivity index is 1.20. The largest absolute Gasteiger partial charge is 0.456 e. The Kier molecular flexibility index (Phi) is 6.18. The molecule has 2 heterocycles. The number of para-hydroxylation sites is 4. The van der Waals surface area contributed by atoms with Crippen molar-refractivity contribution in [2.45, 2.75) is 0 Å². The summed E-state index contributed by atoms with van der Waals surface area (Å²) >= 11 is 0. The van der Waals surface area contributed by atoms with E-state index < -0.39 is 0 Å². The van der Waals surface area contributed by atoms with Crippen molar-refractivity contribution in [1.29, 1.82) is 0 Å². The van der Waals surface area contributed by atoms with E-state index in [4.69, 9.17) is 4.42 Å². The third-order valence-electron chi connectivity index (χ3n) is 9.74. The number of fused-ring (bicyclic) bond motifs is 8. The SMILES string of the molecule is c1ccc(N(c2cccc(-c3cccc4ccc5oc6ccccc6c5c34)c2)c2ccc3c4ccccc4n(-c4ccccc4)c3c2)cc1. The van der Waals surface area contributed by atoms with Crippen molar-refractivity contribution in [2.75, 3.05) is 4.90 Å². The molecule has 0 fully saturated rings. The maximum absolute atomic E-state index is 6.32. The molecular formula is C46H30N2O. The Morgan fingerprint density at radius 2 is 1.10 bits per heavy atom. The van der Waals surface area contributed by atoms with Gasteiger partial charge in [0.1, 0.15) is 11.2 Å². The highest BCUT2D eigenvalue weighted by molar-refractivity contribution is 6.23. The van der Waals surface area contributed by atoms with E-state index in [0.717, 1.165) is 50.3 Å². The average molecular weight is 627 g/mol. The van der Waals surface area contributed by atoms with Crippen molar-refractivity contribution in [2.24, 2.45) is 0 Å². The van der Waals surface area contributed by atoms with E-state index in [2.05, 4.69) is 185 Å². The smallest absolute Gasteiger partial charge is 0.136 e. The molecule has 2 aromatic heterocycles. The zero-order valence-corrected chi connectivity index (χ0v) is 26.6. The predicted molar refractivity (Wildman–Crippen MR) is 206 cm³/mol. The second kappa shape index (κ2) is 11.0. The van der Waals surface area contributed by atoms with Crippen LogP contribution in [-0.2, 0) is 0 Å². The van der Waals surface area contributed by atoms with Crippen molar-refractivity contribution in [3.05, 3.63) is 182 Å². The highest BCUT2D eigenvalue weighted by Crippen LogP contribution is 2.43. The van der Waals surface area contributed by atoms with Gasteiger partial charge in [0.05, 0.1) is 11.0 Å². The monoisotopic (exact) mass is 626 g/mol. The minimum Gasteiger partial charge on any atom is -0.456 e. The molecular weight excluding hydrogens is 597 g/mol. The van der Waals surface area contributed by atoms with E-state index in [1.54, 1.807) is 0 Å². The summed E-state index contributed by atoms with van der Waals surface area (Å²) in [6, 6.07) is 65.0. The van der Waals surface area contributed by atoms with Gasteiger partial charge in [-0.2, -0.15) is 0 Å². The lowest BCUT2D eigenvalue weighted by atomic mass is 9.94. The van der Waals surface area contributed by atoms with Crippen LogP contribution in [0.15, 0.2) is 186 Å². The molecule has 0 bridgehead atoms. The fraction of sp³-hybridized carbons (Fsp3) is 0. The second-order valence-electron chi connectivity index (χ2n) is 12.6. The molecule has 0 aliphatic heterocycles. The maximum Gasteiger partial charge on any atom is 0.136 e. The molecule has 10 rings (SSSR count). The third-order valence-corrected chi connectivity index (χ3v) is 9.74. The van der Waals surface area contributed by atoms with Crippen molar-refractivity contribution >= 4 is 71.6 Å². The van der Waals surface area contributed by atoms with E-state index in [9.17, 15) is 0 Å². The van der Waals surface area contributed by atoms with E-state index in [1.807, 2.05) is 6.07 Å². The number of benzene rings is 8. The van der Waals surface area contributed by atoms with Crippen LogP contribution in [0, 0.1) is 0 Å². The minimum absolute atomic E-state index is 0.908. The third kappa shape index (κ3) is 4.37. The van der Waals surface area contributed by atoms with Gasteiger partial charge in [0, 0.05) is 49.7 Å². The lowest BCUT2D eigenvalue weighted by molar-refractivity contribution is 0.669. The summed E-state index contributed by atoms with van der Waals surface area (Å²) in [5, 5.41) is 7.18. The number of anilines is 3. The minimum atomic E-state index is 0.908. The zero-order chi connectivity index (χ0) is 32.3. The molecule has 0 spiro atoms. The molecule has 8 aromatic carbocycles. The van der Waals surface area contributed by atoms with Crippen molar-refractivity contribution in [1.82, 2.24) is 4.57 Å². The quantitative estimate of drug-likeness (QED) is 0.190. The molecule has 0 aliphatic carbocycles. The highest BCUT2D eigenvalue weighted by atomic mass is 16.3. The average Bonchev–Trinajstić information content (AvgIpc) is 3.71. The summed E-state index contributed by atoms with van der Waals surface area (Å²) in [6.07, 6.45) is 0. The van der Waals surface area contributed by atoms with Gasteiger partial charge in [-0.05, 0) is 83.2 Å². The first-order valence-corrected chi connectivity index (χ1v) is 16.7. The maximum atomic E-state index is 6.32. The lowest BCUT2D eigenvalue weighted by Crippen LogP contribution is -2.10. The van der Waals surface area contributed by atoms with Crippen LogP contribution in [0.5, 0.6) is 0 Å². The molecule has 49 heavy (non-hydrogen) atoms. The Morgan fingerprint density at radius 3 is 1.98 bits per heavy atom. The number of rotatable bonds is 5. The molecule has 0 amide bonds. The normalized spacial score (nSPS) is 11.7. The van der Waals surface area contributed by atoms with E-state index >= 15 is 0 Å². The van der Waals surface area contributed by atoms with Gasteiger partial charge in [0.2, 0.25) is 0 Å². The second-order valence-corrected chi connectivity index (χ2v) is 12.6. The van der Waals surface area contributed by atoms with Crippen LogP contribution in [-0.4, -0.2) is 4.57 Å². The predicted octanol–water partition coefficient (Wildman–Crippen LogP) is 13.0. The van der Waals surface area contributed by atoms with Gasteiger partial charge in [-0.25, -0.2) is 0 Å². The van der Waals surface area contributed by atoms with Crippen LogP contribution in [0.1, 0.15) is 0 Å². The zero-order valence-electron chi connectivity index (χ0n) is 26.6. The van der Waals surface area contributed by atoms with Gasteiger partial charge in [0.25, 0.3) is 0 Å². The highest BCUT2D eigenvalue weighted by Gasteiger charge is 2.19. The molecule has 0 N–H and O–H groups in total. The van der Waals surface area contributed by atoms with E-state index in [-0.39, 0.29) is 0 Å². The van der Waals surface area contributed by atoms with Crippen molar-refractivity contribution < 1.29 is 4.42 Å². The Labute approximate surface area is 283 Å². The molecule has 0 radical (unpaired) electrons. The Bertz CT molecular complexity index is 2830. The van der Waals surface area contributed by atoms with Crippen molar-refractivity contribution in [3.8, 4) is 16.8 Å². The standard InChI is InChI=1S/C46H30N2O/c1-3-15-33(16-4-1)47(36-26-27-39-38-20-7-9-23-41(38)48(42(39)30-36)34-17-5-2-6-18-34)35-19-11-14-32(29-35)37-22-12-13-31-25-28-44-46(45(31)37)40-21-8-10-24-43(40)49-44/h1-30H. The van der Waals surface area contributed by atoms with Crippen LogP contribution in [0.25, 0.3) is 71.3 Å².